The second kappa shape index (κ2) is 7.50. The average Bonchev–Trinajstić information content (AvgIpc) is 2.80. The normalized spacial score (nSPS) is 18.3. The largest absolute Gasteiger partial charge is 0.497 e. The maximum atomic E-state index is 14.0. The summed E-state index contributed by atoms with van der Waals surface area (Å²) in [4.78, 5) is 13.9. The monoisotopic (exact) mass is 424 g/mol. The summed E-state index contributed by atoms with van der Waals surface area (Å²) < 4.78 is 42.5. The topological polar surface area (TPSA) is 78.9 Å². The van der Waals surface area contributed by atoms with Crippen LogP contribution in [0.2, 0.25) is 0 Å². The molecule has 0 bridgehead atoms. The SMILES string of the molecule is COc1ccc(C2(S(=O)(=O)c3ccccc3)COc3ccccc3C2=O)c(OC)c1. The Kier molecular flexibility index (Phi) is 4.99. The van der Waals surface area contributed by atoms with Crippen molar-refractivity contribution in [1.29, 1.82) is 0 Å². The number of hydrogen-bond acceptors (Lipinski definition) is 6. The van der Waals surface area contributed by atoms with E-state index < -0.39 is 20.4 Å². The minimum Gasteiger partial charge on any atom is -0.497 e. The third kappa shape index (κ3) is 2.85. The van der Waals surface area contributed by atoms with Gasteiger partial charge >= 0.3 is 0 Å². The molecule has 4 rings (SSSR count). The number of sulfone groups is 1. The fourth-order valence-corrected chi connectivity index (χ4v) is 5.66. The van der Waals surface area contributed by atoms with Crippen LogP contribution in [0.4, 0.5) is 0 Å². The predicted molar refractivity (Wildman–Crippen MR) is 111 cm³/mol. The molecule has 0 spiro atoms. The minimum absolute atomic E-state index is 0.0270. The first-order valence-electron chi connectivity index (χ1n) is 9.24. The second-order valence-electron chi connectivity index (χ2n) is 6.82. The average molecular weight is 424 g/mol. The van der Waals surface area contributed by atoms with Crippen molar-refractivity contribution in [3.63, 3.8) is 0 Å². The summed E-state index contributed by atoms with van der Waals surface area (Å²) in [6.45, 7) is -0.372. The van der Waals surface area contributed by atoms with Crippen molar-refractivity contribution in [2.75, 3.05) is 20.8 Å². The van der Waals surface area contributed by atoms with Gasteiger partial charge in [-0.2, -0.15) is 0 Å². The van der Waals surface area contributed by atoms with Crippen LogP contribution in [0.1, 0.15) is 15.9 Å². The van der Waals surface area contributed by atoms with Crippen molar-refractivity contribution in [3.05, 3.63) is 83.9 Å². The number of carbonyl (C=O) groups is 1. The maximum Gasteiger partial charge on any atom is 0.201 e. The Morgan fingerprint density at radius 3 is 2.30 bits per heavy atom. The van der Waals surface area contributed by atoms with Gasteiger partial charge in [-0.25, -0.2) is 8.42 Å². The predicted octanol–water partition coefficient (Wildman–Crippen LogP) is 3.65. The summed E-state index contributed by atoms with van der Waals surface area (Å²) in [6, 6.07) is 19.2. The van der Waals surface area contributed by atoms with Crippen molar-refractivity contribution in [2.24, 2.45) is 0 Å². The molecule has 154 valence electrons. The zero-order chi connectivity index (χ0) is 21.4. The van der Waals surface area contributed by atoms with Crippen LogP contribution in [-0.4, -0.2) is 35.0 Å². The highest BCUT2D eigenvalue weighted by Gasteiger charge is 2.57. The van der Waals surface area contributed by atoms with E-state index >= 15 is 0 Å². The van der Waals surface area contributed by atoms with E-state index in [0.29, 0.717) is 11.5 Å². The van der Waals surface area contributed by atoms with E-state index in [2.05, 4.69) is 0 Å². The molecule has 3 aromatic rings. The summed E-state index contributed by atoms with van der Waals surface area (Å²) in [5, 5.41) is 0. The van der Waals surface area contributed by atoms with Crippen molar-refractivity contribution in [1.82, 2.24) is 0 Å². The van der Waals surface area contributed by atoms with Crippen LogP contribution < -0.4 is 14.2 Å². The van der Waals surface area contributed by atoms with Gasteiger partial charge in [-0.3, -0.25) is 4.79 Å². The molecule has 1 unspecified atom stereocenters. The van der Waals surface area contributed by atoms with Gasteiger partial charge in [0, 0.05) is 11.6 Å². The highest BCUT2D eigenvalue weighted by molar-refractivity contribution is 7.93. The van der Waals surface area contributed by atoms with Crippen molar-refractivity contribution >= 4 is 15.6 Å². The Morgan fingerprint density at radius 2 is 1.60 bits per heavy atom. The van der Waals surface area contributed by atoms with Gasteiger partial charge < -0.3 is 14.2 Å². The number of hydrogen-bond donors (Lipinski definition) is 0. The zero-order valence-electron chi connectivity index (χ0n) is 16.5. The molecule has 0 amide bonds. The van der Waals surface area contributed by atoms with E-state index in [0.717, 1.165) is 0 Å². The highest BCUT2D eigenvalue weighted by Crippen LogP contribution is 2.47. The molecule has 3 aromatic carbocycles. The Balaban J connectivity index is 2.05. The van der Waals surface area contributed by atoms with Crippen LogP contribution >= 0.6 is 0 Å². The van der Waals surface area contributed by atoms with Crippen LogP contribution in [0.5, 0.6) is 17.2 Å². The molecule has 0 fully saturated rings. The number of ether oxygens (including phenoxy) is 3. The molecule has 1 aliphatic rings. The lowest BCUT2D eigenvalue weighted by Gasteiger charge is -2.37. The first kappa shape index (κ1) is 20.0. The molecular weight excluding hydrogens is 404 g/mol. The molecule has 0 aliphatic carbocycles. The summed E-state index contributed by atoms with van der Waals surface area (Å²) >= 11 is 0. The number of Topliss-reactive ketones (excluding diaryl/α,β-unsaturated/α-hetero) is 1. The van der Waals surface area contributed by atoms with E-state index in [9.17, 15) is 13.2 Å². The molecule has 6 nitrogen and oxygen atoms in total. The quantitative estimate of drug-likeness (QED) is 0.622. The minimum atomic E-state index is -4.22. The molecule has 0 radical (unpaired) electrons. The van der Waals surface area contributed by atoms with Crippen LogP contribution in [0, 0.1) is 0 Å². The number of carbonyl (C=O) groups excluding carboxylic acids is 1. The van der Waals surface area contributed by atoms with E-state index in [4.69, 9.17) is 14.2 Å². The Bertz CT molecular complexity index is 1200. The first-order valence-corrected chi connectivity index (χ1v) is 10.7. The lowest BCUT2D eigenvalue weighted by atomic mass is 9.87. The van der Waals surface area contributed by atoms with E-state index in [1.807, 2.05) is 0 Å². The van der Waals surface area contributed by atoms with Crippen LogP contribution in [0.25, 0.3) is 0 Å². The van der Waals surface area contributed by atoms with Gasteiger partial charge in [-0.05, 0) is 36.4 Å². The van der Waals surface area contributed by atoms with Gasteiger partial charge in [0.15, 0.2) is 15.6 Å². The summed E-state index contributed by atoms with van der Waals surface area (Å²) in [6.07, 6.45) is 0. The third-order valence-corrected chi connectivity index (χ3v) is 7.62. The second-order valence-corrected chi connectivity index (χ2v) is 9.00. The lowest BCUT2D eigenvalue weighted by Crippen LogP contribution is -2.51. The maximum absolute atomic E-state index is 14.0. The highest BCUT2D eigenvalue weighted by atomic mass is 32.2. The van der Waals surface area contributed by atoms with Crippen molar-refractivity contribution < 1.29 is 27.4 Å². The lowest BCUT2D eigenvalue weighted by molar-refractivity contribution is 0.0856. The fraction of sp³-hybridized carbons (Fsp3) is 0.174. The van der Waals surface area contributed by atoms with Gasteiger partial charge in [0.25, 0.3) is 0 Å². The number of para-hydroxylation sites is 1. The van der Waals surface area contributed by atoms with Crippen molar-refractivity contribution in [2.45, 2.75) is 9.64 Å². The van der Waals surface area contributed by atoms with Crippen LogP contribution in [0.3, 0.4) is 0 Å². The summed E-state index contributed by atoms with van der Waals surface area (Å²) in [5.41, 5.74) is 0.412. The first-order chi connectivity index (χ1) is 14.5. The molecule has 1 atom stereocenters. The van der Waals surface area contributed by atoms with Crippen LogP contribution in [0.15, 0.2) is 77.7 Å². The van der Waals surface area contributed by atoms with E-state index in [1.165, 1.54) is 26.4 Å². The molecule has 30 heavy (non-hydrogen) atoms. The number of ketones is 1. The number of benzene rings is 3. The molecule has 0 saturated heterocycles. The Hall–Kier alpha value is -3.32. The zero-order valence-corrected chi connectivity index (χ0v) is 17.3. The number of methoxy groups -OCH3 is 2. The Morgan fingerprint density at radius 1 is 0.900 bits per heavy atom. The fourth-order valence-electron chi connectivity index (χ4n) is 3.72. The standard InChI is InChI=1S/C23H20O6S/c1-27-16-12-13-19(21(14-16)28-2)23(30(25,26)17-8-4-3-5-9-17)15-29-20-11-7-6-10-18(20)22(23)24/h3-14H,15H2,1-2H3. The van der Waals surface area contributed by atoms with Gasteiger partial charge in [0.2, 0.25) is 4.75 Å². The van der Waals surface area contributed by atoms with E-state index in [-0.39, 0.29) is 28.4 Å². The van der Waals surface area contributed by atoms with Gasteiger partial charge in [-0.15, -0.1) is 0 Å². The third-order valence-electron chi connectivity index (χ3n) is 5.29. The molecular formula is C23H20O6S. The molecule has 1 heterocycles. The summed E-state index contributed by atoms with van der Waals surface area (Å²) in [5.74, 6) is 0.503. The van der Waals surface area contributed by atoms with Gasteiger partial charge in [0.05, 0.1) is 24.7 Å². The summed E-state index contributed by atoms with van der Waals surface area (Å²) in [7, 11) is -1.30. The van der Waals surface area contributed by atoms with Gasteiger partial charge in [-0.1, -0.05) is 30.3 Å². The molecule has 0 N–H and O–H groups in total. The Labute approximate surface area is 174 Å². The van der Waals surface area contributed by atoms with E-state index in [1.54, 1.807) is 60.7 Å². The molecule has 7 heteroatoms. The van der Waals surface area contributed by atoms with Gasteiger partial charge in [0.1, 0.15) is 23.9 Å². The molecule has 1 aliphatic heterocycles. The molecule has 0 saturated carbocycles. The smallest absolute Gasteiger partial charge is 0.201 e. The number of rotatable bonds is 5. The molecule has 0 aromatic heterocycles. The number of fused-ring (bicyclic) bond motifs is 1. The van der Waals surface area contributed by atoms with Crippen molar-refractivity contribution in [3.8, 4) is 17.2 Å². The van der Waals surface area contributed by atoms with Crippen LogP contribution in [-0.2, 0) is 14.6 Å².